The minimum atomic E-state index is -3.74. The van der Waals surface area contributed by atoms with E-state index in [1.807, 2.05) is 19.0 Å². The van der Waals surface area contributed by atoms with Gasteiger partial charge in [0.15, 0.2) is 0 Å². The van der Waals surface area contributed by atoms with Gasteiger partial charge in [0.25, 0.3) is 0 Å². The van der Waals surface area contributed by atoms with Crippen LogP contribution in [0.5, 0.6) is 0 Å². The molecule has 0 aromatic rings. The van der Waals surface area contributed by atoms with Gasteiger partial charge in [-0.2, -0.15) is 8.42 Å². The summed E-state index contributed by atoms with van der Waals surface area (Å²) >= 11 is 0. The molecule has 0 unspecified atom stereocenters. The summed E-state index contributed by atoms with van der Waals surface area (Å²) in [7, 11) is 0.963. The van der Waals surface area contributed by atoms with E-state index in [1.165, 1.54) is 0 Å². The van der Waals surface area contributed by atoms with Crippen molar-refractivity contribution in [1.82, 2.24) is 4.90 Å². The molecule has 0 bridgehead atoms. The Balaban J connectivity index is 3.55. The first-order valence-electron chi connectivity index (χ1n) is 3.07. The molecule has 0 spiro atoms. The van der Waals surface area contributed by atoms with Crippen LogP contribution in [0.2, 0.25) is 0 Å². The van der Waals surface area contributed by atoms with Crippen LogP contribution >= 0.6 is 0 Å². The summed E-state index contributed by atoms with van der Waals surface area (Å²) in [5.41, 5.74) is 0. The van der Waals surface area contributed by atoms with Gasteiger partial charge in [-0.3, -0.25) is 4.18 Å². The van der Waals surface area contributed by atoms with Crippen LogP contribution < -0.4 is 0 Å². The highest BCUT2D eigenvalue weighted by Gasteiger charge is 2.07. The minimum absolute atomic E-state index is 0.114. The zero-order chi connectivity index (χ0) is 8.91. The zero-order valence-corrected chi connectivity index (χ0v) is 7.72. The molecule has 0 fully saturated rings. The smallest absolute Gasteiger partial charge is 0.307 e. The van der Waals surface area contributed by atoms with Crippen molar-refractivity contribution in [3.8, 4) is 0 Å². The Morgan fingerprint density at radius 3 is 2.27 bits per heavy atom. The van der Waals surface area contributed by atoms with Crippen molar-refractivity contribution in [2.24, 2.45) is 0 Å². The molecule has 0 aliphatic heterocycles. The van der Waals surface area contributed by atoms with Crippen molar-refractivity contribution in [3.05, 3.63) is 0 Å². The maximum absolute atomic E-state index is 10.5. The third-order valence-corrected chi connectivity index (χ3v) is 1.83. The van der Waals surface area contributed by atoms with Gasteiger partial charge < -0.3 is 4.90 Å². The van der Waals surface area contributed by atoms with Crippen LogP contribution in [0.25, 0.3) is 0 Å². The van der Waals surface area contributed by atoms with Gasteiger partial charge in [0, 0.05) is 6.54 Å². The summed E-state index contributed by atoms with van der Waals surface area (Å²) in [4.78, 5) is 1.81. The molecule has 5 nitrogen and oxygen atoms in total. The lowest BCUT2D eigenvalue weighted by Crippen LogP contribution is -2.20. The average molecular weight is 183 g/mol. The molecule has 0 amide bonds. The molecule has 0 saturated carbocycles. The second-order valence-corrected chi connectivity index (χ2v) is 3.59. The fourth-order valence-corrected chi connectivity index (χ4v) is 0.745. The molecule has 0 heterocycles. The Morgan fingerprint density at radius 2 is 1.91 bits per heavy atom. The lowest BCUT2D eigenvalue weighted by molar-refractivity contribution is 0.219. The number of rotatable bonds is 5. The molecule has 6 heteroatoms. The Kier molecular flexibility index (Phi) is 4.58. The van der Waals surface area contributed by atoms with E-state index in [0.29, 0.717) is 6.54 Å². The molecule has 0 aromatic heterocycles. The Labute approximate surface area is 67.2 Å². The monoisotopic (exact) mass is 183 g/mol. The predicted octanol–water partition coefficient (Wildman–Crippen LogP) is -0.544. The van der Waals surface area contributed by atoms with Crippen LogP contribution in [-0.2, 0) is 18.8 Å². The summed E-state index contributed by atoms with van der Waals surface area (Å²) in [6.45, 7) is 0.658. The normalized spacial score (nSPS) is 12.4. The van der Waals surface area contributed by atoms with Crippen molar-refractivity contribution >= 4 is 10.4 Å². The summed E-state index contributed by atoms with van der Waals surface area (Å²) in [6, 6.07) is 0. The van der Waals surface area contributed by atoms with Gasteiger partial charge >= 0.3 is 10.4 Å². The minimum Gasteiger partial charge on any atom is -0.307 e. The van der Waals surface area contributed by atoms with Crippen LogP contribution in [0.15, 0.2) is 0 Å². The molecule has 0 radical (unpaired) electrons. The van der Waals surface area contributed by atoms with Gasteiger partial charge in [-0.25, -0.2) is 4.18 Å². The highest BCUT2D eigenvalue weighted by Crippen LogP contribution is 1.92. The lowest BCUT2D eigenvalue weighted by atomic mass is 10.6. The average Bonchev–Trinajstić information content (AvgIpc) is 1.87. The highest BCUT2D eigenvalue weighted by atomic mass is 32.3. The zero-order valence-electron chi connectivity index (χ0n) is 6.90. The Morgan fingerprint density at radius 1 is 1.36 bits per heavy atom. The Hall–Kier alpha value is -0.170. The van der Waals surface area contributed by atoms with E-state index in [4.69, 9.17) is 0 Å². The second kappa shape index (κ2) is 4.66. The van der Waals surface area contributed by atoms with Crippen LogP contribution in [-0.4, -0.2) is 47.7 Å². The molecule has 0 N–H and O–H groups in total. The SMILES string of the molecule is COS(=O)(=O)OCCN(C)C. The van der Waals surface area contributed by atoms with Crippen molar-refractivity contribution < 1.29 is 16.8 Å². The van der Waals surface area contributed by atoms with E-state index in [9.17, 15) is 8.42 Å². The molecular weight excluding hydrogens is 170 g/mol. The van der Waals surface area contributed by atoms with Crippen LogP contribution in [0.1, 0.15) is 0 Å². The van der Waals surface area contributed by atoms with Gasteiger partial charge in [-0.15, -0.1) is 0 Å². The van der Waals surface area contributed by atoms with Crippen LogP contribution in [0.4, 0.5) is 0 Å². The number of hydrogen-bond acceptors (Lipinski definition) is 5. The van der Waals surface area contributed by atoms with Crippen molar-refractivity contribution in [2.75, 3.05) is 34.4 Å². The van der Waals surface area contributed by atoms with E-state index in [1.54, 1.807) is 0 Å². The topological polar surface area (TPSA) is 55.8 Å². The van der Waals surface area contributed by atoms with E-state index < -0.39 is 10.4 Å². The first-order chi connectivity index (χ1) is 4.98. The maximum Gasteiger partial charge on any atom is 0.399 e. The van der Waals surface area contributed by atoms with Crippen molar-refractivity contribution in [3.63, 3.8) is 0 Å². The molecule has 0 saturated heterocycles. The summed E-state index contributed by atoms with van der Waals surface area (Å²) in [5, 5.41) is 0. The summed E-state index contributed by atoms with van der Waals surface area (Å²) in [5.74, 6) is 0. The first kappa shape index (κ1) is 10.8. The first-order valence-corrected chi connectivity index (χ1v) is 4.41. The van der Waals surface area contributed by atoms with E-state index in [0.717, 1.165) is 7.11 Å². The number of likely N-dealkylation sites (N-methyl/N-ethyl adjacent to an activating group) is 1. The van der Waals surface area contributed by atoms with Gasteiger partial charge in [0.2, 0.25) is 0 Å². The van der Waals surface area contributed by atoms with Gasteiger partial charge in [-0.1, -0.05) is 0 Å². The third-order valence-electron chi connectivity index (χ3n) is 0.970. The fourth-order valence-electron chi connectivity index (χ4n) is 0.370. The largest absolute Gasteiger partial charge is 0.399 e. The van der Waals surface area contributed by atoms with Crippen molar-refractivity contribution in [1.29, 1.82) is 0 Å². The lowest BCUT2D eigenvalue weighted by Gasteiger charge is -2.08. The fraction of sp³-hybridized carbons (Fsp3) is 1.00. The quantitative estimate of drug-likeness (QED) is 0.572. The molecule has 68 valence electrons. The standard InChI is InChI=1S/C5H13NO4S/c1-6(2)4-5-10-11(7,8)9-3/h4-5H2,1-3H3. The summed E-state index contributed by atoms with van der Waals surface area (Å²) < 4.78 is 29.5. The van der Waals surface area contributed by atoms with E-state index >= 15 is 0 Å². The third kappa shape index (κ3) is 6.24. The molecule has 0 aliphatic carbocycles. The van der Waals surface area contributed by atoms with Crippen LogP contribution in [0.3, 0.4) is 0 Å². The van der Waals surface area contributed by atoms with E-state index in [-0.39, 0.29) is 6.61 Å². The Bertz CT molecular complexity index is 187. The number of hydrogen-bond donors (Lipinski definition) is 0. The van der Waals surface area contributed by atoms with E-state index in [2.05, 4.69) is 8.37 Å². The number of nitrogens with zero attached hydrogens (tertiary/aromatic N) is 1. The van der Waals surface area contributed by atoms with Gasteiger partial charge in [-0.05, 0) is 14.1 Å². The molecule has 0 rings (SSSR count). The highest BCUT2D eigenvalue weighted by molar-refractivity contribution is 7.81. The van der Waals surface area contributed by atoms with Gasteiger partial charge in [0.1, 0.15) is 0 Å². The molecule has 0 atom stereocenters. The predicted molar refractivity (Wildman–Crippen MR) is 40.4 cm³/mol. The summed E-state index contributed by atoms with van der Waals surface area (Å²) in [6.07, 6.45) is 0. The van der Waals surface area contributed by atoms with Crippen LogP contribution in [0, 0.1) is 0 Å². The van der Waals surface area contributed by atoms with Gasteiger partial charge in [0.05, 0.1) is 13.7 Å². The second-order valence-electron chi connectivity index (χ2n) is 2.20. The molecule has 11 heavy (non-hydrogen) atoms. The molecule has 0 aliphatic rings. The molecule has 0 aromatic carbocycles. The van der Waals surface area contributed by atoms with Crippen molar-refractivity contribution in [2.45, 2.75) is 0 Å². The molecular formula is C5H13NO4S. The maximum atomic E-state index is 10.5.